The summed E-state index contributed by atoms with van der Waals surface area (Å²) >= 11 is 3.85. The Kier molecular flexibility index (Phi) is 4.34. The second kappa shape index (κ2) is 6.22. The summed E-state index contributed by atoms with van der Waals surface area (Å²) in [6.45, 7) is 0. The van der Waals surface area contributed by atoms with E-state index in [1.807, 2.05) is 18.3 Å². The molecule has 1 saturated carbocycles. The summed E-state index contributed by atoms with van der Waals surface area (Å²) in [4.78, 5) is 7.52. The molecule has 0 aliphatic heterocycles. The largest absolute Gasteiger partial charge is 0.497 e. The molecule has 0 bridgehead atoms. The standard InChI is InChI=1S/C17H21BrN2O/c1-20(16-6-4-3-5-15(16)18)17-14-8-7-13(21-2)11-12(14)9-10-19-17/h7-11,15-16H,3-6H2,1-2H3. The quantitative estimate of drug-likeness (QED) is 0.769. The van der Waals surface area contributed by atoms with Crippen LogP contribution in [0.2, 0.25) is 0 Å². The molecule has 0 N–H and O–H groups in total. The van der Waals surface area contributed by atoms with Crippen LogP contribution in [0.25, 0.3) is 10.8 Å². The highest BCUT2D eigenvalue weighted by Crippen LogP contribution is 2.33. The van der Waals surface area contributed by atoms with Crippen molar-refractivity contribution in [3.05, 3.63) is 30.5 Å². The van der Waals surface area contributed by atoms with Crippen LogP contribution >= 0.6 is 15.9 Å². The lowest BCUT2D eigenvalue weighted by Crippen LogP contribution is -2.41. The van der Waals surface area contributed by atoms with Gasteiger partial charge in [0.25, 0.3) is 0 Å². The molecule has 0 saturated heterocycles. The van der Waals surface area contributed by atoms with Gasteiger partial charge in [0.15, 0.2) is 0 Å². The highest BCUT2D eigenvalue weighted by atomic mass is 79.9. The molecule has 1 fully saturated rings. The minimum Gasteiger partial charge on any atom is -0.497 e. The van der Waals surface area contributed by atoms with Crippen LogP contribution in [0.3, 0.4) is 0 Å². The smallest absolute Gasteiger partial charge is 0.136 e. The van der Waals surface area contributed by atoms with Crippen molar-refractivity contribution in [2.24, 2.45) is 0 Å². The second-order valence-corrected chi connectivity index (χ2v) is 6.88. The minimum absolute atomic E-state index is 0.513. The molecule has 3 nitrogen and oxygen atoms in total. The summed E-state index contributed by atoms with van der Waals surface area (Å²) in [5.74, 6) is 1.95. The minimum atomic E-state index is 0.513. The number of pyridine rings is 1. The Morgan fingerprint density at radius 1 is 1.24 bits per heavy atom. The zero-order valence-corrected chi connectivity index (χ0v) is 14.1. The van der Waals surface area contributed by atoms with E-state index in [4.69, 9.17) is 4.74 Å². The molecule has 0 radical (unpaired) electrons. The molecule has 0 amide bonds. The normalized spacial score (nSPS) is 22.2. The average Bonchev–Trinajstić information content (AvgIpc) is 2.53. The van der Waals surface area contributed by atoms with Gasteiger partial charge in [-0.2, -0.15) is 0 Å². The van der Waals surface area contributed by atoms with Gasteiger partial charge in [-0.25, -0.2) is 4.98 Å². The van der Waals surface area contributed by atoms with Gasteiger partial charge in [0.2, 0.25) is 0 Å². The van der Waals surface area contributed by atoms with Crippen molar-refractivity contribution in [2.45, 2.75) is 36.6 Å². The third-order valence-electron chi connectivity index (χ3n) is 4.43. The third-order valence-corrected chi connectivity index (χ3v) is 5.50. The molecule has 2 atom stereocenters. The fraction of sp³-hybridized carbons (Fsp3) is 0.471. The Morgan fingerprint density at radius 3 is 2.81 bits per heavy atom. The molecule has 1 aliphatic rings. The zero-order valence-electron chi connectivity index (χ0n) is 12.6. The lowest BCUT2D eigenvalue weighted by Gasteiger charge is -2.36. The van der Waals surface area contributed by atoms with E-state index >= 15 is 0 Å². The van der Waals surface area contributed by atoms with E-state index in [1.54, 1.807) is 7.11 Å². The predicted octanol–water partition coefficient (Wildman–Crippen LogP) is 4.39. The molecule has 3 rings (SSSR count). The van der Waals surface area contributed by atoms with Gasteiger partial charge in [0.1, 0.15) is 11.6 Å². The van der Waals surface area contributed by atoms with Gasteiger partial charge in [-0.3, -0.25) is 0 Å². The maximum atomic E-state index is 5.31. The molecular formula is C17H21BrN2O. The summed E-state index contributed by atoms with van der Waals surface area (Å²) < 4.78 is 5.31. The first kappa shape index (κ1) is 14.6. The van der Waals surface area contributed by atoms with Crippen LogP contribution in [0.5, 0.6) is 5.75 Å². The highest BCUT2D eigenvalue weighted by Gasteiger charge is 2.27. The van der Waals surface area contributed by atoms with Crippen molar-refractivity contribution in [3.63, 3.8) is 0 Å². The molecule has 1 aromatic carbocycles. The summed E-state index contributed by atoms with van der Waals surface area (Å²) in [6, 6.07) is 8.74. The van der Waals surface area contributed by atoms with Crippen LogP contribution in [0.4, 0.5) is 5.82 Å². The number of nitrogens with zero attached hydrogens (tertiary/aromatic N) is 2. The molecule has 112 valence electrons. The summed E-state index contributed by atoms with van der Waals surface area (Å²) in [6.07, 6.45) is 6.98. The number of alkyl halides is 1. The summed E-state index contributed by atoms with van der Waals surface area (Å²) in [5, 5.41) is 2.36. The lowest BCUT2D eigenvalue weighted by atomic mass is 9.94. The van der Waals surface area contributed by atoms with Crippen molar-refractivity contribution in [3.8, 4) is 5.75 Å². The van der Waals surface area contributed by atoms with Gasteiger partial charge in [0.05, 0.1) is 7.11 Å². The first-order chi connectivity index (χ1) is 10.2. The van der Waals surface area contributed by atoms with Crippen LogP contribution in [0, 0.1) is 0 Å². The number of halogens is 1. The number of hydrogen-bond acceptors (Lipinski definition) is 3. The fourth-order valence-electron chi connectivity index (χ4n) is 3.21. The van der Waals surface area contributed by atoms with Gasteiger partial charge < -0.3 is 9.64 Å². The highest BCUT2D eigenvalue weighted by molar-refractivity contribution is 9.09. The van der Waals surface area contributed by atoms with Gasteiger partial charge in [-0.1, -0.05) is 28.8 Å². The summed E-state index contributed by atoms with van der Waals surface area (Å²) in [7, 11) is 3.86. The monoisotopic (exact) mass is 348 g/mol. The fourth-order valence-corrected chi connectivity index (χ4v) is 4.15. The molecule has 0 spiro atoms. The van der Waals surface area contributed by atoms with Crippen LogP contribution in [-0.4, -0.2) is 30.0 Å². The predicted molar refractivity (Wildman–Crippen MR) is 91.7 cm³/mol. The van der Waals surface area contributed by atoms with E-state index in [0.29, 0.717) is 10.9 Å². The Bertz CT molecular complexity index is 631. The molecular weight excluding hydrogens is 328 g/mol. The molecule has 21 heavy (non-hydrogen) atoms. The number of methoxy groups -OCH3 is 1. The van der Waals surface area contributed by atoms with E-state index in [1.165, 1.54) is 36.5 Å². The lowest BCUT2D eigenvalue weighted by molar-refractivity contribution is 0.415. The maximum Gasteiger partial charge on any atom is 0.136 e. The number of hydrogen-bond donors (Lipinski definition) is 0. The number of ether oxygens (including phenoxy) is 1. The Hall–Kier alpha value is -1.29. The average molecular weight is 349 g/mol. The number of aromatic nitrogens is 1. The Balaban J connectivity index is 1.99. The topological polar surface area (TPSA) is 25.4 Å². The molecule has 1 aliphatic carbocycles. The molecule has 2 unspecified atom stereocenters. The van der Waals surface area contributed by atoms with Crippen LogP contribution < -0.4 is 9.64 Å². The van der Waals surface area contributed by atoms with Crippen molar-refractivity contribution >= 4 is 32.5 Å². The van der Waals surface area contributed by atoms with Crippen LogP contribution in [0.1, 0.15) is 25.7 Å². The van der Waals surface area contributed by atoms with Gasteiger partial charge in [0, 0.05) is 29.5 Å². The van der Waals surface area contributed by atoms with E-state index in [0.717, 1.165) is 11.6 Å². The molecule has 4 heteroatoms. The molecule has 2 aromatic rings. The van der Waals surface area contributed by atoms with E-state index in [9.17, 15) is 0 Å². The third kappa shape index (κ3) is 2.86. The molecule has 1 heterocycles. The SMILES string of the molecule is COc1ccc2c(N(C)C3CCCCC3Br)nccc2c1. The van der Waals surface area contributed by atoms with Crippen molar-refractivity contribution < 1.29 is 4.74 Å². The van der Waals surface area contributed by atoms with Gasteiger partial charge in [-0.05, 0) is 42.5 Å². The number of rotatable bonds is 3. The zero-order chi connectivity index (χ0) is 14.8. The summed E-state index contributed by atoms with van der Waals surface area (Å²) in [5.41, 5.74) is 0. The van der Waals surface area contributed by atoms with Crippen molar-refractivity contribution in [1.82, 2.24) is 4.98 Å². The van der Waals surface area contributed by atoms with Gasteiger partial charge >= 0.3 is 0 Å². The van der Waals surface area contributed by atoms with Crippen molar-refractivity contribution in [1.29, 1.82) is 0 Å². The first-order valence-electron chi connectivity index (χ1n) is 7.50. The van der Waals surface area contributed by atoms with E-state index in [2.05, 4.69) is 45.0 Å². The second-order valence-electron chi connectivity index (χ2n) is 5.70. The van der Waals surface area contributed by atoms with Crippen LogP contribution in [-0.2, 0) is 0 Å². The number of fused-ring (bicyclic) bond motifs is 1. The van der Waals surface area contributed by atoms with Crippen molar-refractivity contribution in [2.75, 3.05) is 19.1 Å². The first-order valence-corrected chi connectivity index (χ1v) is 8.42. The van der Waals surface area contributed by atoms with Crippen LogP contribution in [0.15, 0.2) is 30.5 Å². The number of benzene rings is 1. The molecule has 1 aromatic heterocycles. The number of anilines is 1. The Morgan fingerprint density at radius 2 is 2.05 bits per heavy atom. The van der Waals surface area contributed by atoms with Gasteiger partial charge in [-0.15, -0.1) is 0 Å². The van der Waals surface area contributed by atoms with E-state index < -0.39 is 0 Å². The van der Waals surface area contributed by atoms with E-state index in [-0.39, 0.29) is 0 Å². The Labute approximate surface area is 134 Å². The maximum absolute atomic E-state index is 5.31.